The van der Waals surface area contributed by atoms with Crippen LogP contribution in [0.15, 0.2) is 36.7 Å². The Morgan fingerprint density at radius 3 is 2.62 bits per heavy atom. The molecule has 0 radical (unpaired) electrons. The number of nitrogens with one attached hydrogen (secondary N) is 1. The minimum absolute atomic E-state index is 0.0956. The Bertz CT molecular complexity index is 737. The maximum absolute atomic E-state index is 12.9. The summed E-state index contributed by atoms with van der Waals surface area (Å²) in [6.07, 6.45) is 3.63. The van der Waals surface area contributed by atoms with Gasteiger partial charge < -0.3 is 19.9 Å². The number of anilines is 1. The summed E-state index contributed by atoms with van der Waals surface area (Å²) >= 11 is 0. The van der Waals surface area contributed by atoms with Crippen LogP contribution in [-0.2, 0) is 11.8 Å². The number of amides is 1. The van der Waals surface area contributed by atoms with Crippen molar-refractivity contribution in [3.63, 3.8) is 0 Å². The number of ether oxygens (including phenoxy) is 1. The van der Waals surface area contributed by atoms with E-state index in [4.69, 9.17) is 4.74 Å². The Balaban J connectivity index is 1.65. The van der Waals surface area contributed by atoms with Crippen molar-refractivity contribution >= 4 is 11.6 Å². The summed E-state index contributed by atoms with van der Waals surface area (Å²) in [5, 5.41) is 7.30. The number of hydrogen-bond donors (Lipinski definition) is 1. The van der Waals surface area contributed by atoms with Gasteiger partial charge in [-0.05, 0) is 26.1 Å². The third-order valence-electron chi connectivity index (χ3n) is 4.69. The smallest absolute Gasteiger partial charge is 0.244 e. The van der Waals surface area contributed by atoms with Crippen molar-refractivity contribution in [2.45, 2.75) is 13.0 Å². The van der Waals surface area contributed by atoms with Gasteiger partial charge in [-0.3, -0.25) is 9.48 Å². The van der Waals surface area contributed by atoms with E-state index in [0.717, 1.165) is 30.1 Å². The van der Waals surface area contributed by atoms with E-state index >= 15 is 0 Å². The number of benzene rings is 1. The molecule has 3 rings (SSSR count). The quantitative estimate of drug-likeness (QED) is 0.847. The van der Waals surface area contributed by atoms with Crippen molar-refractivity contribution in [3.8, 4) is 5.75 Å². The van der Waals surface area contributed by atoms with E-state index in [1.54, 1.807) is 10.9 Å². The van der Waals surface area contributed by atoms with E-state index in [9.17, 15) is 4.79 Å². The summed E-state index contributed by atoms with van der Waals surface area (Å²) in [5.74, 6) is 0.997. The maximum atomic E-state index is 12.9. The fourth-order valence-electron chi connectivity index (χ4n) is 3.37. The highest BCUT2D eigenvalue weighted by atomic mass is 16.5. The first-order valence-electron chi connectivity index (χ1n) is 9.05. The molecule has 1 saturated heterocycles. The standard InChI is InChI=1S/C19H27N5O2/c1-4-26-17-8-6-5-7-16(17)23-9-11-24(12-10-23)19(25)18(20-2)15-13-21-22(3)14-15/h5-8,13-14,18,20H,4,9-12H2,1-3H3. The fourth-order valence-corrected chi connectivity index (χ4v) is 3.37. The Kier molecular flexibility index (Phi) is 5.78. The van der Waals surface area contributed by atoms with Crippen LogP contribution in [0, 0.1) is 0 Å². The van der Waals surface area contributed by atoms with Crippen LogP contribution in [-0.4, -0.2) is 60.4 Å². The average molecular weight is 357 g/mol. The summed E-state index contributed by atoms with van der Waals surface area (Å²) in [4.78, 5) is 17.1. The van der Waals surface area contributed by atoms with Crippen molar-refractivity contribution in [1.82, 2.24) is 20.0 Å². The minimum Gasteiger partial charge on any atom is -0.492 e. The van der Waals surface area contributed by atoms with Gasteiger partial charge in [0.15, 0.2) is 0 Å². The van der Waals surface area contributed by atoms with Crippen LogP contribution in [0.5, 0.6) is 5.75 Å². The number of para-hydroxylation sites is 2. The highest BCUT2D eigenvalue weighted by Gasteiger charge is 2.29. The van der Waals surface area contributed by atoms with Gasteiger partial charge >= 0.3 is 0 Å². The van der Waals surface area contributed by atoms with E-state index in [0.29, 0.717) is 19.7 Å². The molecule has 7 heteroatoms. The highest BCUT2D eigenvalue weighted by Crippen LogP contribution is 2.29. The predicted octanol–water partition coefficient (Wildman–Crippen LogP) is 1.43. The summed E-state index contributed by atoms with van der Waals surface area (Å²) < 4.78 is 7.46. The lowest BCUT2D eigenvalue weighted by Crippen LogP contribution is -2.51. The molecule has 0 spiro atoms. The van der Waals surface area contributed by atoms with Crippen molar-refractivity contribution < 1.29 is 9.53 Å². The van der Waals surface area contributed by atoms with Crippen molar-refractivity contribution in [3.05, 3.63) is 42.2 Å². The normalized spacial score (nSPS) is 15.8. The molecule has 2 aromatic rings. The zero-order valence-electron chi connectivity index (χ0n) is 15.7. The molecule has 26 heavy (non-hydrogen) atoms. The van der Waals surface area contributed by atoms with Crippen LogP contribution in [0.25, 0.3) is 0 Å². The van der Waals surface area contributed by atoms with Crippen molar-refractivity contribution in [1.29, 1.82) is 0 Å². The van der Waals surface area contributed by atoms with Crippen LogP contribution >= 0.6 is 0 Å². The molecule has 1 fully saturated rings. The number of likely N-dealkylation sites (N-methyl/N-ethyl adjacent to an activating group) is 1. The average Bonchev–Trinajstić information content (AvgIpc) is 3.09. The van der Waals surface area contributed by atoms with Crippen LogP contribution in [0.1, 0.15) is 18.5 Å². The van der Waals surface area contributed by atoms with Crippen molar-refractivity contribution in [2.75, 3.05) is 44.7 Å². The van der Waals surface area contributed by atoms with Gasteiger partial charge in [-0.25, -0.2) is 0 Å². The van der Waals surface area contributed by atoms with Crippen LogP contribution < -0.4 is 15.0 Å². The zero-order chi connectivity index (χ0) is 18.5. The number of nitrogens with zero attached hydrogens (tertiary/aromatic N) is 4. The van der Waals surface area contributed by atoms with Crippen LogP contribution in [0.2, 0.25) is 0 Å². The van der Waals surface area contributed by atoms with Gasteiger partial charge in [0.2, 0.25) is 5.91 Å². The molecule has 1 atom stereocenters. The van der Waals surface area contributed by atoms with Gasteiger partial charge in [-0.1, -0.05) is 12.1 Å². The molecule has 1 aromatic carbocycles. The lowest BCUT2D eigenvalue weighted by atomic mass is 10.1. The number of carbonyl (C=O) groups is 1. The monoisotopic (exact) mass is 357 g/mol. The number of aromatic nitrogens is 2. The number of carbonyl (C=O) groups excluding carboxylic acids is 1. The molecule has 0 aliphatic carbocycles. The molecule has 1 N–H and O–H groups in total. The molecular weight excluding hydrogens is 330 g/mol. The number of aryl methyl sites for hydroxylation is 1. The SMILES string of the molecule is CCOc1ccccc1N1CCN(C(=O)C(NC)c2cnn(C)c2)CC1. The Morgan fingerprint density at radius 1 is 1.27 bits per heavy atom. The zero-order valence-corrected chi connectivity index (χ0v) is 15.7. The molecule has 7 nitrogen and oxygen atoms in total. The van der Waals surface area contributed by atoms with E-state index in [2.05, 4.69) is 21.4 Å². The number of piperazine rings is 1. The highest BCUT2D eigenvalue weighted by molar-refractivity contribution is 5.83. The molecule has 1 amide bonds. The van der Waals surface area contributed by atoms with E-state index < -0.39 is 0 Å². The molecule has 1 aliphatic heterocycles. The molecule has 140 valence electrons. The van der Waals surface area contributed by atoms with E-state index in [1.165, 1.54) is 0 Å². The molecular formula is C19H27N5O2. The molecule has 0 bridgehead atoms. The van der Waals surface area contributed by atoms with Crippen LogP contribution in [0.4, 0.5) is 5.69 Å². The predicted molar refractivity (Wildman–Crippen MR) is 101 cm³/mol. The Hall–Kier alpha value is -2.54. The van der Waals surface area contributed by atoms with E-state index in [-0.39, 0.29) is 11.9 Å². The first kappa shape index (κ1) is 18.3. The molecule has 2 heterocycles. The summed E-state index contributed by atoms with van der Waals surface area (Å²) in [6, 6.07) is 7.73. The van der Waals surface area contributed by atoms with Crippen molar-refractivity contribution in [2.24, 2.45) is 7.05 Å². The second-order valence-electron chi connectivity index (χ2n) is 6.38. The van der Waals surface area contributed by atoms with Gasteiger partial charge in [0.25, 0.3) is 0 Å². The third kappa shape index (κ3) is 3.83. The molecule has 0 saturated carbocycles. The first-order valence-corrected chi connectivity index (χ1v) is 9.05. The van der Waals surface area contributed by atoms with Gasteiger partial charge in [0.05, 0.1) is 18.5 Å². The number of rotatable bonds is 6. The summed E-state index contributed by atoms with van der Waals surface area (Å²) in [5.41, 5.74) is 1.99. The van der Waals surface area contributed by atoms with E-state index in [1.807, 2.05) is 50.3 Å². The van der Waals surface area contributed by atoms with Gasteiger partial charge in [0, 0.05) is 45.0 Å². The molecule has 1 aromatic heterocycles. The fraction of sp³-hybridized carbons (Fsp3) is 0.474. The number of hydrogen-bond acceptors (Lipinski definition) is 5. The largest absolute Gasteiger partial charge is 0.492 e. The summed E-state index contributed by atoms with van der Waals surface area (Å²) in [7, 11) is 3.67. The van der Waals surface area contributed by atoms with Gasteiger partial charge in [-0.15, -0.1) is 0 Å². The topological polar surface area (TPSA) is 62.6 Å². The van der Waals surface area contributed by atoms with Crippen LogP contribution in [0.3, 0.4) is 0 Å². The molecule has 1 aliphatic rings. The summed E-state index contributed by atoms with van der Waals surface area (Å²) in [6.45, 7) is 5.60. The lowest BCUT2D eigenvalue weighted by molar-refractivity contribution is -0.133. The second kappa shape index (κ2) is 8.23. The van der Waals surface area contributed by atoms with Gasteiger partial charge in [0.1, 0.15) is 11.8 Å². The Morgan fingerprint density at radius 2 is 2.00 bits per heavy atom. The maximum Gasteiger partial charge on any atom is 0.244 e. The first-order chi connectivity index (χ1) is 12.6. The minimum atomic E-state index is -0.356. The van der Waals surface area contributed by atoms with Gasteiger partial charge in [-0.2, -0.15) is 5.10 Å². The molecule has 1 unspecified atom stereocenters. The third-order valence-corrected chi connectivity index (χ3v) is 4.69. The second-order valence-corrected chi connectivity index (χ2v) is 6.38. The Labute approximate surface area is 154 Å². The lowest BCUT2D eigenvalue weighted by Gasteiger charge is -2.38.